The lowest BCUT2D eigenvalue weighted by Crippen LogP contribution is -2.67. The maximum atomic E-state index is 14.3. The minimum absolute atomic E-state index is 0.00698. The molecule has 4 aliphatic rings. The van der Waals surface area contributed by atoms with E-state index in [9.17, 15) is 18.3 Å². The van der Waals surface area contributed by atoms with E-state index in [1.54, 1.807) is 18.2 Å². The highest BCUT2D eigenvalue weighted by atomic mass is 127. The minimum Gasteiger partial charge on any atom is -0.424 e. The Hall–Kier alpha value is -3.22. The lowest BCUT2D eigenvalue weighted by molar-refractivity contribution is -0.374. The molecule has 9 unspecified atom stereocenters. The number of benzene rings is 4. The molecule has 8 rings (SSSR count). The number of rotatable bonds is 28. The number of sulfonamides is 1. The number of halogens is 1. The van der Waals surface area contributed by atoms with Crippen molar-refractivity contribution in [2.75, 3.05) is 13.2 Å². The molecular formula is C64H92INO16SSi2. The maximum absolute atomic E-state index is 14.3. The number of alkyl halides is 1. The first-order chi connectivity index (χ1) is 40.5. The summed E-state index contributed by atoms with van der Waals surface area (Å²) in [6.07, 6.45) is -16.5. The molecule has 0 aromatic heterocycles. The average Bonchev–Trinajstić information content (AvgIpc) is 2.17. The van der Waals surface area contributed by atoms with Gasteiger partial charge in [-0.3, -0.25) is 0 Å². The van der Waals surface area contributed by atoms with E-state index in [1.807, 2.05) is 97.9 Å². The molecule has 21 heteroatoms. The normalized spacial score (nSPS) is 29.5. The van der Waals surface area contributed by atoms with Gasteiger partial charge >= 0.3 is 6.16 Å². The Morgan fingerprint density at radius 2 is 0.918 bits per heavy atom. The SMILES string of the molecule is CC1O[C@@H](OC2C3OC(=O)O[C@H]3C(CO[Si](C(C)C)(C(C)C)C(C)C)O[C@H]2OC2C(I)[C@@H](NS(=O)(=O)c3ccccc3)OC(CO[Si](C(C)C)(C(C)C)C(C)C)[C@@H]2O)C(OCc2ccccc2)C(OCc2ccccc2)[C@@H]1OCc1ccccc1. The Bertz CT molecular complexity index is 2750. The van der Waals surface area contributed by atoms with E-state index in [4.69, 9.17) is 56.2 Å². The van der Waals surface area contributed by atoms with Crippen molar-refractivity contribution in [1.29, 1.82) is 0 Å². The van der Waals surface area contributed by atoms with Crippen molar-refractivity contribution in [1.82, 2.24) is 4.72 Å². The van der Waals surface area contributed by atoms with E-state index in [1.165, 1.54) is 12.1 Å². The van der Waals surface area contributed by atoms with Gasteiger partial charge in [-0.25, -0.2) is 13.2 Å². The van der Waals surface area contributed by atoms with Crippen LogP contribution in [0.1, 0.15) is 107 Å². The van der Waals surface area contributed by atoms with Gasteiger partial charge in [0, 0.05) is 0 Å². The van der Waals surface area contributed by atoms with E-state index in [2.05, 4.69) is 110 Å². The molecule has 0 spiro atoms. The van der Waals surface area contributed by atoms with Gasteiger partial charge in [0.05, 0.1) is 48.0 Å². The van der Waals surface area contributed by atoms with Crippen LogP contribution in [-0.4, -0.2) is 139 Å². The number of carbonyl (C=O) groups is 1. The van der Waals surface area contributed by atoms with Crippen LogP contribution in [0, 0.1) is 0 Å². The number of fused-ring (bicyclic) bond motifs is 1. The number of hydrogen-bond donors (Lipinski definition) is 2. The molecule has 4 aliphatic heterocycles. The molecule has 0 radical (unpaired) electrons. The van der Waals surface area contributed by atoms with Gasteiger partial charge in [-0.15, -0.1) is 0 Å². The van der Waals surface area contributed by atoms with Crippen LogP contribution in [0.2, 0.25) is 33.2 Å². The third-order valence-corrected chi connectivity index (χ3v) is 32.6. The van der Waals surface area contributed by atoms with Crippen LogP contribution in [-0.2, 0) is 86.1 Å². The number of nitrogens with one attached hydrogen (secondary N) is 1. The lowest BCUT2D eigenvalue weighted by atomic mass is 9.96. The van der Waals surface area contributed by atoms with Gasteiger partial charge in [-0.05, 0) is 69.0 Å². The molecule has 15 atom stereocenters. The van der Waals surface area contributed by atoms with Gasteiger partial charge in [-0.2, -0.15) is 4.72 Å². The fraction of sp³-hybridized carbons (Fsp3) is 0.609. The average molecular weight is 1350 g/mol. The Labute approximate surface area is 520 Å². The Morgan fingerprint density at radius 1 is 0.518 bits per heavy atom. The highest BCUT2D eigenvalue weighted by molar-refractivity contribution is 14.1. The summed E-state index contributed by atoms with van der Waals surface area (Å²) in [5, 5.41) is 12.9. The van der Waals surface area contributed by atoms with Gasteiger partial charge in [-0.1, -0.05) is 215 Å². The molecule has 4 aromatic rings. The zero-order chi connectivity index (χ0) is 61.4. The van der Waals surface area contributed by atoms with Gasteiger partial charge < -0.3 is 61.3 Å². The number of hydrogen-bond acceptors (Lipinski definition) is 16. The van der Waals surface area contributed by atoms with E-state index in [0.717, 1.165) is 16.7 Å². The molecule has 0 bridgehead atoms. The summed E-state index contributed by atoms with van der Waals surface area (Å²) in [4.78, 5) is 13.8. The number of ether oxygens (including phenoxy) is 10. The van der Waals surface area contributed by atoms with Crippen molar-refractivity contribution in [3.63, 3.8) is 0 Å². The predicted octanol–water partition coefficient (Wildman–Crippen LogP) is 12.1. The summed E-state index contributed by atoms with van der Waals surface area (Å²) in [5.41, 5.74) is 3.90. The zero-order valence-corrected chi connectivity index (χ0v) is 56.5. The molecule has 2 N–H and O–H groups in total. The second-order valence-electron chi connectivity index (χ2n) is 24.9. The summed E-state index contributed by atoms with van der Waals surface area (Å²) in [7, 11) is -9.39. The largest absolute Gasteiger partial charge is 0.509 e. The van der Waals surface area contributed by atoms with Crippen LogP contribution in [0.15, 0.2) is 126 Å². The monoisotopic (exact) mass is 1350 g/mol. The maximum Gasteiger partial charge on any atom is 0.509 e. The molecular weight excluding hydrogens is 1250 g/mol. The summed E-state index contributed by atoms with van der Waals surface area (Å²) >= 11 is 2.07. The van der Waals surface area contributed by atoms with E-state index in [-0.39, 0.29) is 71.2 Å². The van der Waals surface area contributed by atoms with Crippen LogP contribution in [0.4, 0.5) is 4.79 Å². The summed E-state index contributed by atoms with van der Waals surface area (Å²) in [5.74, 6) is 0. The Morgan fingerprint density at radius 3 is 1.39 bits per heavy atom. The Balaban J connectivity index is 1.21. The minimum atomic E-state index is -4.21. The molecule has 4 fully saturated rings. The fourth-order valence-electron chi connectivity index (χ4n) is 13.7. The van der Waals surface area contributed by atoms with Crippen LogP contribution >= 0.6 is 22.6 Å². The van der Waals surface area contributed by atoms with E-state index in [0.29, 0.717) is 0 Å². The third kappa shape index (κ3) is 15.7. The van der Waals surface area contributed by atoms with Crippen LogP contribution in [0.25, 0.3) is 0 Å². The van der Waals surface area contributed by atoms with Crippen molar-refractivity contribution in [3.05, 3.63) is 138 Å². The second kappa shape index (κ2) is 30.1. The summed E-state index contributed by atoms with van der Waals surface area (Å²) < 4.78 is 113. The molecule has 4 saturated heterocycles. The highest BCUT2D eigenvalue weighted by Crippen LogP contribution is 2.46. The first-order valence-corrected chi connectivity index (χ1v) is 37.3. The standard InChI is InChI=1S/C64H92INO16SSi2/c1-39(2)84(40(3)4,41(5)6)74-37-50-53(67)56(52(65)61(77-50)66-83(69,70)49-32-24-17-25-33-49)79-63-60(58-55(81-64(68)82-58)51(78-63)38-75-85(42(7)8,43(9)10)44(11)12)80-62-59(73-36-48-30-22-16-23-31-48)57(72-35-47-28-20-15-21-29-47)54(45(13)76-62)71-34-46-26-18-14-19-27-46/h14-33,39-45,50-63,66-67H,34-38H2,1-13H3/t45?,50?,51?,52?,53-,54+,55-,56?,57?,58?,59?,60?,61-,62-,63-/m0/s1. The molecule has 17 nitrogen and oxygen atoms in total. The van der Waals surface area contributed by atoms with Crippen molar-refractivity contribution in [2.45, 2.75) is 238 Å². The van der Waals surface area contributed by atoms with Crippen LogP contribution < -0.4 is 4.72 Å². The quantitative estimate of drug-likeness (QED) is 0.0236. The van der Waals surface area contributed by atoms with Crippen molar-refractivity contribution >= 4 is 55.4 Å². The zero-order valence-electron chi connectivity index (χ0n) is 51.6. The van der Waals surface area contributed by atoms with E-state index < -0.39 is 123 Å². The van der Waals surface area contributed by atoms with Gasteiger partial charge in [0.1, 0.15) is 49.0 Å². The first-order valence-electron chi connectivity index (χ1n) is 30.3. The lowest BCUT2D eigenvalue weighted by Gasteiger charge is -2.50. The fourth-order valence-corrected chi connectivity index (χ4v) is 26.9. The number of aliphatic hydroxyl groups excluding tert-OH is 1. The van der Waals surface area contributed by atoms with Crippen LogP contribution in [0.5, 0.6) is 0 Å². The summed E-state index contributed by atoms with van der Waals surface area (Å²) in [6, 6.07) is 37.4. The van der Waals surface area contributed by atoms with Crippen LogP contribution in [0.3, 0.4) is 0 Å². The highest BCUT2D eigenvalue weighted by Gasteiger charge is 2.61. The molecule has 0 aliphatic carbocycles. The van der Waals surface area contributed by atoms with Crippen molar-refractivity contribution in [2.24, 2.45) is 0 Å². The molecule has 470 valence electrons. The van der Waals surface area contributed by atoms with Gasteiger partial charge in [0.2, 0.25) is 10.0 Å². The van der Waals surface area contributed by atoms with Gasteiger partial charge in [0.15, 0.2) is 47.5 Å². The topological polar surface area (TPSA) is 194 Å². The smallest absolute Gasteiger partial charge is 0.424 e. The van der Waals surface area contributed by atoms with Crippen molar-refractivity contribution < 1.29 is 74.5 Å². The molecule has 4 heterocycles. The molecule has 85 heavy (non-hydrogen) atoms. The molecule has 4 aromatic carbocycles. The van der Waals surface area contributed by atoms with Gasteiger partial charge in [0.25, 0.3) is 0 Å². The van der Waals surface area contributed by atoms with Crippen molar-refractivity contribution in [3.8, 4) is 0 Å². The second-order valence-corrected chi connectivity index (χ2v) is 38.9. The molecule has 0 amide bonds. The first kappa shape index (κ1) is 67.7. The number of carbonyl (C=O) groups excluding carboxylic acids is 1. The molecule has 0 saturated carbocycles. The predicted molar refractivity (Wildman–Crippen MR) is 336 cm³/mol. The third-order valence-electron chi connectivity index (χ3n) is 17.6. The summed E-state index contributed by atoms with van der Waals surface area (Å²) in [6.45, 7) is 28.5. The van der Waals surface area contributed by atoms with E-state index >= 15 is 0 Å². The Kier molecular flexibility index (Phi) is 23.9. The number of aliphatic hydroxyl groups is 1.